The van der Waals surface area contributed by atoms with E-state index < -0.39 is 0 Å². The Morgan fingerprint density at radius 1 is 0.900 bits per heavy atom. The molecule has 1 aromatic rings. The maximum Gasteiger partial charge on any atom is -0.0230 e. The quantitative estimate of drug-likeness (QED) is 0.499. The van der Waals surface area contributed by atoms with Crippen LogP contribution in [0.4, 0.5) is 0 Å². The monoisotopic (exact) mass is 132 g/mol. The summed E-state index contributed by atoms with van der Waals surface area (Å²) in [5.74, 6) is 0. The van der Waals surface area contributed by atoms with Gasteiger partial charge in [-0.1, -0.05) is 36.4 Å². The molecule has 0 radical (unpaired) electrons. The van der Waals surface area contributed by atoms with E-state index in [0.717, 1.165) is 0 Å². The Labute approximate surface area is 61.5 Å². The van der Waals surface area contributed by atoms with Gasteiger partial charge >= 0.3 is 0 Å². The van der Waals surface area contributed by atoms with E-state index >= 15 is 0 Å². The van der Waals surface area contributed by atoms with Crippen molar-refractivity contribution in [1.82, 2.24) is 0 Å². The van der Waals surface area contributed by atoms with Crippen LogP contribution in [-0.2, 0) is 0 Å². The number of hydrogen-bond donors (Lipinski definition) is 0. The molecule has 0 heterocycles. The van der Waals surface area contributed by atoms with Crippen LogP contribution >= 0.6 is 0 Å². The predicted molar refractivity (Wildman–Crippen MR) is 46.0 cm³/mol. The Balaban J connectivity index is 3.53. The summed E-state index contributed by atoms with van der Waals surface area (Å²) < 4.78 is 0. The topological polar surface area (TPSA) is 0 Å². The second-order valence-corrected chi connectivity index (χ2v) is 2.21. The molecular weight excluding hydrogens is 120 g/mol. The van der Waals surface area contributed by atoms with Gasteiger partial charge < -0.3 is 0 Å². The SMILES string of the molecule is C/C=c1\cccc\c1=C/C. The van der Waals surface area contributed by atoms with Crippen LogP contribution in [0.2, 0.25) is 0 Å². The van der Waals surface area contributed by atoms with Gasteiger partial charge in [-0.15, -0.1) is 0 Å². The molecule has 0 saturated heterocycles. The summed E-state index contributed by atoms with van der Waals surface area (Å²) in [6.45, 7) is 4.12. The van der Waals surface area contributed by atoms with Gasteiger partial charge in [0.1, 0.15) is 0 Å². The smallest absolute Gasteiger partial charge is 0.0230 e. The highest BCUT2D eigenvalue weighted by molar-refractivity contribution is 5.28. The molecule has 0 aliphatic rings. The van der Waals surface area contributed by atoms with Crippen molar-refractivity contribution in [2.75, 3.05) is 0 Å². The average molecular weight is 132 g/mol. The van der Waals surface area contributed by atoms with E-state index in [-0.39, 0.29) is 0 Å². The van der Waals surface area contributed by atoms with Gasteiger partial charge in [-0.05, 0) is 24.3 Å². The summed E-state index contributed by atoms with van der Waals surface area (Å²) in [5.41, 5.74) is 0. The lowest BCUT2D eigenvalue weighted by Gasteiger charge is -1.85. The molecule has 0 aliphatic heterocycles. The standard InChI is InChI=1S/C10H12/c1-3-9-7-5-6-8-10(9)4-2/h3-8H,1-2H3/b9-3+,10-4+. The van der Waals surface area contributed by atoms with Gasteiger partial charge in [0, 0.05) is 0 Å². The fourth-order valence-electron chi connectivity index (χ4n) is 1.04. The van der Waals surface area contributed by atoms with Gasteiger partial charge in [0.25, 0.3) is 0 Å². The molecule has 0 nitrogen and oxygen atoms in total. The predicted octanol–water partition coefficient (Wildman–Crippen LogP) is 1.29. The molecule has 0 spiro atoms. The van der Waals surface area contributed by atoms with Crippen LogP contribution in [0.5, 0.6) is 0 Å². The summed E-state index contributed by atoms with van der Waals surface area (Å²) in [5, 5.41) is 2.62. The van der Waals surface area contributed by atoms with Crippen molar-refractivity contribution >= 4 is 12.2 Å². The van der Waals surface area contributed by atoms with Crippen LogP contribution in [0.25, 0.3) is 12.2 Å². The van der Waals surface area contributed by atoms with Gasteiger partial charge in [0.05, 0.1) is 0 Å². The first kappa shape index (κ1) is 7.07. The Bertz CT molecular complexity index is 274. The number of hydrogen-bond acceptors (Lipinski definition) is 0. The van der Waals surface area contributed by atoms with E-state index in [4.69, 9.17) is 0 Å². The first-order valence-electron chi connectivity index (χ1n) is 3.56. The Morgan fingerprint density at radius 3 is 1.60 bits per heavy atom. The molecule has 52 valence electrons. The van der Waals surface area contributed by atoms with Gasteiger partial charge in [-0.3, -0.25) is 0 Å². The van der Waals surface area contributed by atoms with Crippen molar-refractivity contribution < 1.29 is 0 Å². The molecule has 0 bridgehead atoms. The summed E-state index contributed by atoms with van der Waals surface area (Å²) in [6.07, 6.45) is 4.24. The molecular formula is C10H12. The van der Waals surface area contributed by atoms with Crippen LogP contribution in [0.3, 0.4) is 0 Å². The Hall–Kier alpha value is -1.04. The van der Waals surface area contributed by atoms with Crippen molar-refractivity contribution in [1.29, 1.82) is 0 Å². The lowest BCUT2D eigenvalue weighted by molar-refractivity contribution is 1.50. The van der Waals surface area contributed by atoms with Crippen LogP contribution < -0.4 is 10.4 Å². The molecule has 0 aromatic heterocycles. The van der Waals surface area contributed by atoms with Crippen molar-refractivity contribution in [3.63, 3.8) is 0 Å². The summed E-state index contributed by atoms with van der Waals surface area (Å²) in [7, 11) is 0. The highest BCUT2D eigenvalue weighted by Crippen LogP contribution is 1.71. The maximum atomic E-state index is 2.12. The van der Waals surface area contributed by atoms with Crippen LogP contribution in [0.1, 0.15) is 13.8 Å². The van der Waals surface area contributed by atoms with Crippen molar-refractivity contribution in [3.8, 4) is 0 Å². The molecule has 0 amide bonds. The molecule has 0 fully saturated rings. The van der Waals surface area contributed by atoms with Gasteiger partial charge in [0.2, 0.25) is 0 Å². The largest absolute Gasteiger partial charge is 0.0798 e. The molecule has 0 saturated carbocycles. The Morgan fingerprint density at radius 2 is 1.30 bits per heavy atom. The second-order valence-electron chi connectivity index (χ2n) is 2.21. The number of rotatable bonds is 0. The summed E-state index contributed by atoms with van der Waals surface area (Å²) in [6, 6.07) is 8.36. The van der Waals surface area contributed by atoms with E-state index in [1.165, 1.54) is 10.4 Å². The second kappa shape index (κ2) is 3.21. The van der Waals surface area contributed by atoms with Crippen molar-refractivity contribution in [2.24, 2.45) is 0 Å². The zero-order chi connectivity index (χ0) is 7.40. The van der Waals surface area contributed by atoms with Crippen LogP contribution in [0, 0.1) is 0 Å². The zero-order valence-electron chi connectivity index (χ0n) is 6.46. The third kappa shape index (κ3) is 1.27. The molecule has 10 heavy (non-hydrogen) atoms. The third-order valence-corrected chi connectivity index (χ3v) is 1.62. The highest BCUT2D eigenvalue weighted by atomic mass is 13.8. The molecule has 1 rings (SSSR count). The summed E-state index contributed by atoms with van der Waals surface area (Å²) in [4.78, 5) is 0. The lowest BCUT2D eigenvalue weighted by atomic mass is 10.2. The first-order valence-corrected chi connectivity index (χ1v) is 3.56. The first-order chi connectivity index (χ1) is 4.88. The minimum atomic E-state index is 1.31. The van der Waals surface area contributed by atoms with E-state index in [1.54, 1.807) is 0 Å². The van der Waals surface area contributed by atoms with Crippen LogP contribution in [0.15, 0.2) is 24.3 Å². The molecule has 0 atom stereocenters. The normalized spacial score (nSPS) is 14.2. The lowest BCUT2D eigenvalue weighted by Crippen LogP contribution is -2.22. The van der Waals surface area contributed by atoms with E-state index in [9.17, 15) is 0 Å². The molecule has 0 aliphatic carbocycles. The minimum absolute atomic E-state index is 1.31. The van der Waals surface area contributed by atoms with Gasteiger partial charge in [-0.2, -0.15) is 0 Å². The van der Waals surface area contributed by atoms with Crippen molar-refractivity contribution in [2.45, 2.75) is 13.8 Å². The van der Waals surface area contributed by atoms with E-state index in [2.05, 4.69) is 50.3 Å². The third-order valence-electron chi connectivity index (χ3n) is 1.62. The van der Waals surface area contributed by atoms with E-state index in [1.807, 2.05) is 0 Å². The minimum Gasteiger partial charge on any atom is -0.0798 e. The average Bonchev–Trinajstić information content (AvgIpc) is 2.04. The molecule has 1 aromatic carbocycles. The molecule has 0 N–H and O–H groups in total. The van der Waals surface area contributed by atoms with Crippen molar-refractivity contribution in [3.05, 3.63) is 34.7 Å². The van der Waals surface area contributed by atoms with E-state index in [0.29, 0.717) is 0 Å². The van der Waals surface area contributed by atoms with Gasteiger partial charge in [0.15, 0.2) is 0 Å². The number of benzene rings is 1. The zero-order valence-corrected chi connectivity index (χ0v) is 6.46. The van der Waals surface area contributed by atoms with Gasteiger partial charge in [-0.25, -0.2) is 0 Å². The molecule has 0 unspecified atom stereocenters. The molecule has 0 heteroatoms. The highest BCUT2D eigenvalue weighted by Gasteiger charge is 1.77. The fourth-order valence-corrected chi connectivity index (χ4v) is 1.04. The van der Waals surface area contributed by atoms with Crippen LogP contribution in [-0.4, -0.2) is 0 Å². The maximum absolute atomic E-state index is 2.12. The fraction of sp³-hybridized carbons (Fsp3) is 0.200. The summed E-state index contributed by atoms with van der Waals surface area (Å²) >= 11 is 0. The Kier molecular flexibility index (Phi) is 2.27.